The van der Waals surface area contributed by atoms with Crippen LogP contribution in [0, 0.1) is 5.82 Å². The van der Waals surface area contributed by atoms with Crippen molar-refractivity contribution >= 4 is 33.9 Å². The fourth-order valence-corrected chi connectivity index (χ4v) is 2.89. The summed E-state index contributed by atoms with van der Waals surface area (Å²) in [4.78, 5) is 21.1. The third kappa shape index (κ3) is 4.30. The van der Waals surface area contributed by atoms with Gasteiger partial charge < -0.3 is 16.0 Å². The van der Waals surface area contributed by atoms with Crippen molar-refractivity contribution in [2.75, 3.05) is 17.7 Å². The lowest BCUT2D eigenvalue weighted by Crippen LogP contribution is -2.19. The van der Waals surface area contributed by atoms with E-state index in [9.17, 15) is 9.18 Å². The summed E-state index contributed by atoms with van der Waals surface area (Å²) in [5, 5.41) is 9.45. The smallest absolute Gasteiger partial charge is 0.254 e. The first kappa shape index (κ1) is 16.8. The van der Waals surface area contributed by atoms with Crippen LogP contribution < -0.4 is 16.0 Å². The number of hydrogen-bond donors (Lipinski definition) is 3. The standard InChI is InChI=1S/C17H16FN5OS/c1-19-16(24)13-8-11(5-6-14(13)18)21-9-12-10-22-17(25-12)23-15-4-2-3-7-20-15/h2-8,10,21H,9H2,1H3,(H,19,24)(H,20,22,23). The maximum absolute atomic E-state index is 13.7. The van der Waals surface area contributed by atoms with E-state index in [1.165, 1.54) is 30.5 Å². The van der Waals surface area contributed by atoms with Crippen LogP contribution in [0.25, 0.3) is 0 Å². The molecule has 2 heterocycles. The molecule has 0 saturated heterocycles. The molecule has 1 amide bonds. The number of pyridine rings is 1. The number of nitrogens with zero attached hydrogens (tertiary/aromatic N) is 2. The van der Waals surface area contributed by atoms with Crippen LogP contribution in [-0.4, -0.2) is 22.9 Å². The van der Waals surface area contributed by atoms with Crippen LogP contribution in [-0.2, 0) is 6.54 Å². The highest BCUT2D eigenvalue weighted by molar-refractivity contribution is 7.15. The fraction of sp³-hybridized carbons (Fsp3) is 0.118. The maximum Gasteiger partial charge on any atom is 0.254 e. The number of halogens is 1. The normalized spacial score (nSPS) is 10.3. The third-order valence-corrected chi connectivity index (χ3v) is 4.27. The molecule has 0 atom stereocenters. The minimum absolute atomic E-state index is 0.00862. The number of aromatic nitrogens is 2. The number of anilines is 3. The Labute approximate surface area is 148 Å². The molecule has 0 radical (unpaired) electrons. The molecule has 1 aromatic carbocycles. The Morgan fingerprint density at radius 3 is 2.88 bits per heavy atom. The quantitative estimate of drug-likeness (QED) is 0.630. The van der Waals surface area contributed by atoms with Gasteiger partial charge in [-0.2, -0.15) is 0 Å². The van der Waals surface area contributed by atoms with Gasteiger partial charge in [-0.05, 0) is 30.3 Å². The molecule has 3 rings (SSSR count). The van der Waals surface area contributed by atoms with Gasteiger partial charge in [-0.15, -0.1) is 0 Å². The number of hydrogen-bond acceptors (Lipinski definition) is 6. The van der Waals surface area contributed by atoms with Crippen LogP contribution in [0.5, 0.6) is 0 Å². The topological polar surface area (TPSA) is 78.9 Å². The van der Waals surface area contributed by atoms with Gasteiger partial charge in [0.2, 0.25) is 0 Å². The number of benzene rings is 1. The molecule has 0 aliphatic rings. The molecule has 2 aromatic heterocycles. The molecule has 8 heteroatoms. The predicted molar refractivity (Wildman–Crippen MR) is 96.8 cm³/mol. The van der Waals surface area contributed by atoms with E-state index in [4.69, 9.17) is 0 Å². The van der Waals surface area contributed by atoms with Crippen LogP contribution in [0.3, 0.4) is 0 Å². The highest BCUT2D eigenvalue weighted by Crippen LogP contribution is 2.23. The van der Waals surface area contributed by atoms with Gasteiger partial charge in [0.15, 0.2) is 5.13 Å². The number of nitrogens with one attached hydrogen (secondary N) is 3. The van der Waals surface area contributed by atoms with Crippen LogP contribution in [0.2, 0.25) is 0 Å². The molecule has 128 valence electrons. The van der Waals surface area contributed by atoms with E-state index in [0.29, 0.717) is 12.2 Å². The number of thiazole rings is 1. The van der Waals surface area contributed by atoms with Crippen molar-refractivity contribution in [3.63, 3.8) is 0 Å². The van der Waals surface area contributed by atoms with E-state index in [1.54, 1.807) is 18.5 Å². The fourth-order valence-electron chi connectivity index (χ4n) is 2.13. The Hall–Kier alpha value is -3.00. The summed E-state index contributed by atoms with van der Waals surface area (Å²) >= 11 is 1.49. The van der Waals surface area contributed by atoms with Crippen molar-refractivity contribution < 1.29 is 9.18 Å². The second-order valence-corrected chi connectivity index (χ2v) is 6.21. The van der Waals surface area contributed by atoms with Gasteiger partial charge in [0.05, 0.1) is 12.1 Å². The Bertz CT molecular complexity index is 868. The van der Waals surface area contributed by atoms with E-state index < -0.39 is 11.7 Å². The number of rotatable bonds is 6. The van der Waals surface area contributed by atoms with E-state index in [0.717, 1.165) is 15.8 Å². The molecule has 0 fully saturated rings. The van der Waals surface area contributed by atoms with Crippen LogP contribution >= 0.6 is 11.3 Å². The summed E-state index contributed by atoms with van der Waals surface area (Å²) in [5.41, 5.74) is 0.668. The summed E-state index contributed by atoms with van der Waals surface area (Å²) in [5.74, 6) is -0.282. The maximum atomic E-state index is 13.7. The zero-order valence-electron chi connectivity index (χ0n) is 13.4. The van der Waals surface area contributed by atoms with Gasteiger partial charge >= 0.3 is 0 Å². The minimum atomic E-state index is -0.551. The lowest BCUT2D eigenvalue weighted by molar-refractivity contribution is 0.0959. The van der Waals surface area contributed by atoms with E-state index in [-0.39, 0.29) is 5.56 Å². The van der Waals surface area contributed by atoms with Crippen molar-refractivity contribution in [2.45, 2.75) is 6.54 Å². The average molecular weight is 357 g/mol. The van der Waals surface area contributed by atoms with Crippen molar-refractivity contribution in [3.8, 4) is 0 Å². The van der Waals surface area contributed by atoms with Gasteiger partial charge in [-0.3, -0.25) is 4.79 Å². The van der Waals surface area contributed by atoms with Gasteiger partial charge in [0, 0.05) is 30.0 Å². The van der Waals surface area contributed by atoms with Gasteiger partial charge in [0.1, 0.15) is 11.6 Å². The molecule has 0 bridgehead atoms. The van der Waals surface area contributed by atoms with E-state index in [2.05, 4.69) is 25.9 Å². The Morgan fingerprint density at radius 2 is 2.12 bits per heavy atom. The molecule has 0 unspecified atom stereocenters. The Morgan fingerprint density at radius 1 is 1.24 bits per heavy atom. The first-order valence-corrected chi connectivity index (χ1v) is 8.35. The minimum Gasteiger partial charge on any atom is -0.380 e. The highest BCUT2D eigenvalue weighted by Gasteiger charge is 2.11. The summed E-state index contributed by atoms with van der Waals surface area (Å²) < 4.78 is 13.7. The average Bonchev–Trinajstić information content (AvgIpc) is 3.08. The molecule has 3 N–H and O–H groups in total. The molecular formula is C17H16FN5OS. The van der Waals surface area contributed by atoms with Crippen LogP contribution in [0.15, 0.2) is 48.8 Å². The SMILES string of the molecule is CNC(=O)c1cc(NCc2cnc(Nc3ccccn3)s2)ccc1F. The largest absolute Gasteiger partial charge is 0.380 e. The molecular weight excluding hydrogens is 341 g/mol. The molecule has 0 aliphatic heterocycles. The number of carbonyl (C=O) groups is 1. The number of amides is 1. The molecule has 0 spiro atoms. The first-order valence-electron chi connectivity index (χ1n) is 7.54. The molecule has 0 saturated carbocycles. The lowest BCUT2D eigenvalue weighted by Gasteiger charge is -2.07. The molecule has 0 aliphatic carbocycles. The van der Waals surface area contributed by atoms with Crippen molar-refractivity contribution in [1.29, 1.82) is 0 Å². The van der Waals surface area contributed by atoms with Gasteiger partial charge in [-0.1, -0.05) is 17.4 Å². The molecule has 6 nitrogen and oxygen atoms in total. The van der Waals surface area contributed by atoms with Crippen LogP contribution in [0.1, 0.15) is 15.2 Å². The van der Waals surface area contributed by atoms with Crippen molar-refractivity contribution in [3.05, 3.63) is 65.0 Å². The van der Waals surface area contributed by atoms with Gasteiger partial charge in [0.25, 0.3) is 5.91 Å². The van der Waals surface area contributed by atoms with E-state index in [1.807, 2.05) is 18.2 Å². The zero-order chi connectivity index (χ0) is 17.6. The van der Waals surface area contributed by atoms with Crippen LogP contribution in [0.4, 0.5) is 21.0 Å². The lowest BCUT2D eigenvalue weighted by atomic mass is 10.1. The second-order valence-electron chi connectivity index (χ2n) is 5.10. The number of carbonyl (C=O) groups excluding carboxylic acids is 1. The summed E-state index contributed by atoms with van der Waals surface area (Å²) in [7, 11) is 1.47. The first-order chi connectivity index (χ1) is 12.2. The monoisotopic (exact) mass is 357 g/mol. The highest BCUT2D eigenvalue weighted by atomic mass is 32.1. The van der Waals surface area contributed by atoms with Crippen molar-refractivity contribution in [2.24, 2.45) is 0 Å². The zero-order valence-corrected chi connectivity index (χ0v) is 14.2. The predicted octanol–water partition coefficient (Wildman–Crippen LogP) is 3.39. The molecule has 3 aromatic rings. The Balaban J connectivity index is 1.63. The summed E-state index contributed by atoms with van der Waals surface area (Å²) in [6.45, 7) is 0.514. The van der Waals surface area contributed by atoms with Crippen molar-refractivity contribution in [1.82, 2.24) is 15.3 Å². The van der Waals surface area contributed by atoms with Gasteiger partial charge in [-0.25, -0.2) is 14.4 Å². The second kappa shape index (κ2) is 7.71. The molecule has 25 heavy (non-hydrogen) atoms. The summed E-state index contributed by atoms with van der Waals surface area (Å²) in [6, 6.07) is 9.95. The third-order valence-electron chi connectivity index (χ3n) is 3.36. The Kier molecular flexibility index (Phi) is 5.20. The summed E-state index contributed by atoms with van der Waals surface area (Å²) in [6.07, 6.45) is 3.46. The van der Waals surface area contributed by atoms with E-state index >= 15 is 0 Å².